The summed E-state index contributed by atoms with van der Waals surface area (Å²) in [5.41, 5.74) is 5.86. The molecule has 0 saturated heterocycles. The van der Waals surface area contributed by atoms with E-state index in [9.17, 15) is 34.8 Å². The topological polar surface area (TPSA) is 179 Å². The van der Waals surface area contributed by atoms with Crippen molar-refractivity contribution in [2.75, 3.05) is 7.11 Å². The first-order valence-electron chi connectivity index (χ1n) is 17.2. The van der Waals surface area contributed by atoms with Gasteiger partial charge in [0.2, 0.25) is 5.91 Å². The largest absolute Gasteiger partial charge is 0.507 e. The number of aromatic hydroxyl groups is 1. The average Bonchev–Trinajstić information content (AvgIpc) is 3.02. The number of aliphatic hydroxyl groups is 3. The standard InChI is InChI=1S/C40H48N2O8/c1-20(2)31-34(45)30(37(41)48)35(46)40(49)36(47)32-33(44)29-26(16-38(32,4)19-39(31,40)5)24(11-12-27(29)43)25-15-23(10-13-28(25)50-6)18-42-17-22-9-7-8-21(3)14-22/h7-15,20,30-32,34,36,42-43,45,47,49H,16-19H2,1-6H3,(H2,41,48)/t30-,31+,32-,34?,36?,38-,39-,40+/m1/s1. The Kier molecular flexibility index (Phi) is 9.00. The smallest absolute Gasteiger partial charge is 0.230 e. The van der Waals surface area contributed by atoms with Crippen molar-refractivity contribution in [2.24, 2.45) is 40.2 Å². The van der Waals surface area contributed by atoms with Crippen molar-refractivity contribution in [3.63, 3.8) is 0 Å². The summed E-state index contributed by atoms with van der Waals surface area (Å²) in [5.74, 6) is -6.70. The summed E-state index contributed by atoms with van der Waals surface area (Å²) in [7, 11) is 1.57. The number of ether oxygens (including phenoxy) is 1. The summed E-state index contributed by atoms with van der Waals surface area (Å²) in [6.45, 7) is 10.4. The van der Waals surface area contributed by atoms with Gasteiger partial charge in [-0.1, -0.05) is 69.7 Å². The normalized spacial score (nSPS) is 31.9. The molecule has 3 aliphatic rings. The number of benzene rings is 3. The number of phenols is 1. The lowest BCUT2D eigenvalue weighted by molar-refractivity contribution is -0.265. The summed E-state index contributed by atoms with van der Waals surface area (Å²) >= 11 is 0. The fraction of sp³-hybridized carbons (Fsp3) is 0.475. The van der Waals surface area contributed by atoms with Crippen LogP contribution in [0.15, 0.2) is 54.6 Å². The highest BCUT2D eigenvalue weighted by Crippen LogP contribution is 2.66. The van der Waals surface area contributed by atoms with Crippen molar-refractivity contribution in [3.05, 3.63) is 82.4 Å². The van der Waals surface area contributed by atoms with Gasteiger partial charge in [-0.05, 0) is 77.5 Å². The first kappa shape index (κ1) is 35.7. The molecule has 0 aliphatic heterocycles. The number of carbonyl (C=O) groups excluding carboxylic acids is 3. The third kappa shape index (κ3) is 5.27. The second kappa shape index (κ2) is 12.6. The highest BCUT2D eigenvalue weighted by Gasteiger charge is 2.76. The lowest BCUT2D eigenvalue weighted by atomic mass is 9.39. The van der Waals surface area contributed by atoms with Gasteiger partial charge < -0.3 is 36.2 Å². The third-order valence-electron chi connectivity index (χ3n) is 12.0. The second-order valence-corrected chi connectivity index (χ2v) is 15.6. The van der Waals surface area contributed by atoms with Gasteiger partial charge in [0.1, 0.15) is 23.5 Å². The predicted molar refractivity (Wildman–Crippen MR) is 187 cm³/mol. The molecule has 50 heavy (non-hydrogen) atoms. The van der Waals surface area contributed by atoms with E-state index in [0.717, 1.165) is 11.1 Å². The quantitative estimate of drug-likeness (QED) is 0.192. The zero-order chi connectivity index (χ0) is 36.5. The minimum Gasteiger partial charge on any atom is -0.507 e. The molecular weight excluding hydrogens is 636 g/mol. The second-order valence-electron chi connectivity index (χ2n) is 15.6. The Morgan fingerprint density at radius 1 is 1.02 bits per heavy atom. The molecule has 0 heterocycles. The number of nitrogens with one attached hydrogen (secondary N) is 1. The number of ketones is 2. The molecule has 3 aromatic rings. The maximum Gasteiger partial charge on any atom is 0.230 e. The van der Waals surface area contributed by atoms with Gasteiger partial charge in [0.15, 0.2) is 17.2 Å². The number of hydrogen-bond acceptors (Lipinski definition) is 9. The number of aryl methyl sites for hydroxylation is 1. The molecule has 2 unspecified atom stereocenters. The highest BCUT2D eigenvalue weighted by molar-refractivity contribution is 6.09. The van der Waals surface area contributed by atoms with Crippen LogP contribution in [0.4, 0.5) is 0 Å². The lowest BCUT2D eigenvalue weighted by Crippen LogP contribution is -2.79. The van der Waals surface area contributed by atoms with Crippen molar-refractivity contribution in [1.82, 2.24) is 5.32 Å². The van der Waals surface area contributed by atoms with E-state index in [0.29, 0.717) is 30.0 Å². The Bertz CT molecular complexity index is 1870. The van der Waals surface area contributed by atoms with Crippen LogP contribution in [0.5, 0.6) is 11.5 Å². The molecule has 3 aromatic carbocycles. The number of rotatable bonds is 8. The number of phenolic OH excluding ortho intramolecular Hbond substituents is 1. The van der Waals surface area contributed by atoms with Crippen molar-refractivity contribution in [2.45, 2.75) is 78.4 Å². The van der Waals surface area contributed by atoms with E-state index in [1.54, 1.807) is 20.1 Å². The molecule has 7 N–H and O–H groups in total. The molecule has 0 spiro atoms. The predicted octanol–water partition coefficient (Wildman–Crippen LogP) is 3.85. The van der Waals surface area contributed by atoms with Gasteiger partial charge in [-0.2, -0.15) is 0 Å². The van der Waals surface area contributed by atoms with Crippen LogP contribution in [0.1, 0.15) is 66.7 Å². The number of hydrogen-bond donors (Lipinski definition) is 6. The van der Waals surface area contributed by atoms with Gasteiger partial charge in [0.25, 0.3) is 0 Å². The Morgan fingerprint density at radius 2 is 1.70 bits per heavy atom. The first-order chi connectivity index (χ1) is 23.5. The van der Waals surface area contributed by atoms with Crippen LogP contribution < -0.4 is 15.8 Å². The fourth-order valence-electron chi connectivity index (χ4n) is 10.0. The molecule has 2 fully saturated rings. The van der Waals surface area contributed by atoms with Crippen LogP contribution in [0.2, 0.25) is 0 Å². The minimum atomic E-state index is -2.56. The molecule has 0 aromatic heterocycles. The Hall–Kier alpha value is -4.09. The summed E-state index contributed by atoms with van der Waals surface area (Å²) in [6.07, 6.45) is -3.15. The van der Waals surface area contributed by atoms with E-state index < -0.39 is 63.9 Å². The molecule has 8 atom stereocenters. The summed E-state index contributed by atoms with van der Waals surface area (Å²) in [5, 5.41) is 50.6. The van der Waals surface area contributed by atoms with Gasteiger partial charge in [-0.3, -0.25) is 14.4 Å². The van der Waals surface area contributed by atoms with Crippen LogP contribution in [0.3, 0.4) is 0 Å². The minimum absolute atomic E-state index is 0.0106. The van der Waals surface area contributed by atoms with E-state index in [-0.39, 0.29) is 30.1 Å². The van der Waals surface area contributed by atoms with Crippen molar-refractivity contribution in [1.29, 1.82) is 0 Å². The maximum atomic E-state index is 14.6. The van der Waals surface area contributed by atoms with Crippen molar-refractivity contribution in [3.8, 4) is 22.6 Å². The Morgan fingerprint density at radius 3 is 2.32 bits per heavy atom. The molecule has 0 radical (unpaired) electrons. The summed E-state index contributed by atoms with van der Waals surface area (Å²) < 4.78 is 5.79. The number of nitrogens with two attached hydrogens (primary N) is 1. The average molecular weight is 685 g/mol. The van der Waals surface area contributed by atoms with E-state index in [4.69, 9.17) is 10.5 Å². The molecule has 6 rings (SSSR count). The van der Waals surface area contributed by atoms with Gasteiger partial charge in [0.05, 0.1) is 24.7 Å². The fourth-order valence-corrected chi connectivity index (χ4v) is 10.0. The highest BCUT2D eigenvalue weighted by atomic mass is 16.5. The SMILES string of the molecule is COc1ccc(CNCc2cccc(C)c2)cc1-c1ccc(O)c2c1C[C@]1(C)C[C@]3(C)[C@@H](C(C)C)C(O)[C@@H](C(N)=O)C(=O)[C@]3(O)C(O)[C@H]1C2=O. The Labute approximate surface area is 292 Å². The van der Waals surface area contributed by atoms with Gasteiger partial charge >= 0.3 is 0 Å². The Balaban J connectivity index is 1.44. The van der Waals surface area contributed by atoms with Crippen LogP contribution >= 0.6 is 0 Å². The zero-order valence-electron chi connectivity index (χ0n) is 29.5. The molecular formula is C40H48N2O8. The molecule has 266 valence electrons. The van der Waals surface area contributed by atoms with Crippen LogP contribution in [-0.2, 0) is 29.1 Å². The monoisotopic (exact) mass is 684 g/mol. The van der Waals surface area contributed by atoms with Crippen LogP contribution in [0, 0.1) is 41.4 Å². The van der Waals surface area contributed by atoms with E-state index >= 15 is 0 Å². The number of Topliss-reactive ketones (excluding diaryl/α,β-unsaturated/α-hetero) is 2. The summed E-state index contributed by atoms with van der Waals surface area (Å²) in [4.78, 5) is 41.1. The third-order valence-corrected chi connectivity index (χ3v) is 12.0. The van der Waals surface area contributed by atoms with Crippen LogP contribution in [0.25, 0.3) is 11.1 Å². The summed E-state index contributed by atoms with van der Waals surface area (Å²) in [6, 6.07) is 17.3. The van der Waals surface area contributed by atoms with E-state index in [2.05, 4.69) is 30.4 Å². The van der Waals surface area contributed by atoms with E-state index in [1.165, 1.54) is 17.2 Å². The number of methoxy groups -OCH3 is 1. The van der Waals surface area contributed by atoms with Crippen molar-refractivity contribution < 1.29 is 39.5 Å². The molecule has 10 nitrogen and oxygen atoms in total. The number of aliphatic hydroxyl groups excluding tert-OH is 2. The molecule has 1 amide bonds. The van der Waals surface area contributed by atoms with Gasteiger partial charge in [0, 0.05) is 24.1 Å². The number of primary amides is 1. The molecule has 3 aliphatic carbocycles. The van der Waals surface area contributed by atoms with Crippen LogP contribution in [-0.4, -0.2) is 62.8 Å². The van der Waals surface area contributed by atoms with Gasteiger partial charge in [-0.15, -0.1) is 0 Å². The lowest BCUT2D eigenvalue weighted by Gasteiger charge is -2.66. The number of fused-ring (bicyclic) bond motifs is 3. The number of amides is 1. The molecule has 2 saturated carbocycles. The molecule has 10 heteroatoms. The first-order valence-corrected chi connectivity index (χ1v) is 17.2. The van der Waals surface area contributed by atoms with Gasteiger partial charge in [-0.25, -0.2) is 0 Å². The molecule has 0 bridgehead atoms. The van der Waals surface area contributed by atoms with E-state index in [1.807, 2.05) is 45.0 Å². The maximum absolute atomic E-state index is 14.6. The van der Waals surface area contributed by atoms with Crippen molar-refractivity contribution >= 4 is 17.5 Å². The zero-order valence-corrected chi connectivity index (χ0v) is 29.5. The number of carbonyl (C=O) groups is 3.